The van der Waals surface area contributed by atoms with E-state index in [1.807, 2.05) is 27.9 Å². The summed E-state index contributed by atoms with van der Waals surface area (Å²) in [5.41, 5.74) is 3.55. The van der Waals surface area contributed by atoms with E-state index in [2.05, 4.69) is 45.6 Å². The normalized spacial score (nSPS) is 13.4. The van der Waals surface area contributed by atoms with Crippen LogP contribution in [-0.4, -0.2) is 53.1 Å². The van der Waals surface area contributed by atoms with E-state index in [9.17, 15) is 8.42 Å². The van der Waals surface area contributed by atoms with Gasteiger partial charge in [0.05, 0.1) is 12.3 Å². The Kier molecular flexibility index (Phi) is 8.22. The highest BCUT2D eigenvalue weighted by Gasteiger charge is 2.09. The number of sulfone groups is 1. The second-order valence-corrected chi connectivity index (χ2v) is 8.92. The molecule has 0 spiro atoms. The van der Waals surface area contributed by atoms with Crippen molar-refractivity contribution in [3.8, 4) is 0 Å². The maximum atomic E-state index is 11.3. The van der Waals surface area contributed by atoms with E-state index in [0.717, 1.165) is 6.54 Å². The van der Waals surface area contributed by atoms with Gasteiger partial charge in [-0.25, -0.2) is 13.4 Å². The highest BCUT2D eigenvalue weighted by atomic mass is 32.2. The lowest BCUT2D eigenvalue weighted by Gasteiger charge is -2.18. The minimum absolute atomic E-state index is 0.0322. The van der Waals surface area contributed by atoms with E-state index in [0.29, 0.717) is 18.9 Å². The lowest BCUT2D eigenvalue weighted by atomic mass is 10.1. The van der Waals surface area contributed by atoms with E-state index >= 15 is 0 Å². The molecule has 0 aliphatic rings. The van der Waals surface area contributed by atoms with Crippen LogP contribution in [0.25, 0.3) is 0 Å². The Labute approximate surface area is 152 Å². The summed E-state index contributed by atoms with van der Waals surface area (Å²) < 4.78 is 22.6. The summed E-state index contributed by atoms with van der Waals surface area (Å²) in [6, 6.07) is 6.38. The number of guanidine groups is 1. The Bertz CT molecular complexity index is 684. The Morgan fingerprint density at radius 3 is 2.52 bits per heavy atom. The fourth-order valence-electron chi connectivity index (χ4n) is 2.32. The molecule has 0 aliphatic carbocycles. The molecular formula is C18H32N4O2S. The molecule has 1 aromatic rings. The molecule has 1 atom stereocenters. The van der Waals surface area contributed by atoms with Gasteiger partial charge >= 0.3 is 0 Å². The van der Waals surface area contributed by atoms with E-state index in [-0.39, 0.29) is 11.8 Å². The molecule has 1 unspecified atom stereocenters. The molecule has 1 rings (SSSR count). The second kappa shape index (κ2) is 9.65. The number of nitrogens with one attached hydrogen (secondary N) is 2. The molecule has 0 saturated heterocycles. The Morgan fingerprint density at radius 2 is 2.00 bits per heavy atom. The van der Waals surface area contributed by atoms with Gasteiger partial charge < -0.3 is 15.5 Å². The monoisotopic (exact) mass is 368 g/mol. The first-order valence-electron chi connectivity index (χ1n) is 8.61. The zero-order valence-corrected chi connectivity index (χ0v) is 17.1. The Hall–Kier alpha value is -1.76. The summed E-state index contributed by atoms with van der Waals surface area (Å²) >= 11 is 0. The highest BCUT2D eigenvalue weighted by Crippen LogP contribution is 2.17. The number of aryl methyl sites for hydroxylation is 1. The van der Waals surface area contributed by atoms with Crippen molar-refractivity contribution in [2.45, 2.75) is 39.8 Å². The molecule has 142 valence electrons. The van der Waals surface area contributed by atoms with Gasteiger partial charge in [-0.15, -0.1) is 0 Å². The average molecular weight is 369 g/mol. The summed E-state index contributed by atoms with van der Waals surface area (Å²) in [7, 11) is 1.11. The van der Waals surface area contributed by atoms with Gasteiger partial charge in [0.1, 0.15) is 9.84 Å². The molecule has 0 radical (unpaired) electrons. The summed E-state index contributed by atoms with van der Waals surface area (Å²) in [6.07, 6.45) is 1.82. The third-order valence-corrected chi connectivity index (χ3v) is 4.88. The van der Waals surface area contributed by atoms with Crippen molar-refractivity contribution >= 4 is 21.5 Å². The van der Waals surface area contributed by atoms with Crippen molar-refractivity contribution in [1.29, 1.82) is 0 Å². The SMILES string of the molecule is CCNC(=NCc1ccc(N(C)C)cc1C)NC(C)CCS(C)(=O)=O. The summed E-state index contributed by atoms with van der Waals surface area (Å²) in [5, 5.41) is 6.49. The van der Waals surface area contributed by atoms with Crippen LogP contribution < -0.4 is 15.5 Å². The molecule has 0 amide bonds. The smallest absolute Gasteiger partial charge is 0.191 e. The maximum absolute atomic E-state index is 11.3. The van der Waals surface area contributed by atoms with Crippen LogP contribution in [0.3, 0.4) is 0 Å². The third kappa shape index (κ3) is 8.25. The summed E-state index contributed by atoms with van der Waals surface area (Å²) in [6.45, 7) is 7.40. The molecule has 0 heterocycles. The standard InChI is InChI=1S/C18H32N4O2S/c1-7-19-18(21-15(3)10-11-25(6,23)24)20-13-16-8-9-17(22(4)5)12-14(16)2/h8-9,12,15H,7,10-11,13H2,1-6H3,(H2,19,20,21). The molecule has 7 heteroatoms. The van der Waals surface area contributed by atoms with Gasteiger partial charge in [-0.2, -0.15) is 0 Å². The molecule has 0 aromatic heterocycles. The first kappa shape index (κ1) is 21.3. The minimum atomic E-state index is -2.94. The molecular weight excluding hydrogens is 336 g/mol. The van der Waals surface area contributed by atoms with Gasteiger partial charge in [0.25, 0.3) is 0 Å². The number of hydrogen-bond acceptors (Lipinski definition) is 4. The fraction of sp³-hybridized carbons (Fsp3) is 0.611. The lowest BCUT2D eigenvalue weighted by molar-refractivity contribution is 0.581. The van der Waals surface area contributed by atoms with Gasteiger partial charge in [-0.1, -0.05) is 6.07 Å². The van der Waals surface area contributed by atoms with Crippen molar-refractivity contribution in [3.05, 3.63) is 29.3 Å². The van der Waals surface area contributed by atoms with Crippen molar-refractivity contribution < 1.29 is 8.42 Å². The maximum Gasteiger partial charge on any atom is 0.191 e. The van der Waals surface area contributed by atoms with Crippen molar-refractivity contribution in [2.24, 2.45) is 4.99 Å². The van der Waals surface area contributed by atoms with Crippen LogP contribution in [0.4, 0.5) is 5.69 Å². The molecule has 25 heavy (non-hydrogen) atoms. The Morgan fingerprint density at radius 1 is 1.32 bits per heavy atom. The zero-order valence-electron chi connectivity index (χ0n) is 16.3. The third-order valence-electron chi connectivity index (χ3n) is 3.90. The van der Waals surface area contributed by atoms with Gasteiger partial charge in [-0.05, 0) is 50.5 Å². The molecule has 2 N–H and O–H groups in total. The second-order valence-electron chi connectivity index (χ2n) is 6.66. The Balaban J connectivity index is 2.75. The van der Waals surface area contributed by atoms with Crippen LogP contribution >= 0.6 is 0 Å². The van der Waals surface area contributed by atoms with Crippen LogP contribution in [0.15, 0.2) is 23.2 Å². The van der Waals surface area contributed by atoms with E-state index < -0.39 is 9.84 Å². The quantitative estimate of drug-likeness (QED) is 0.542. The van der Waals surface area contributed by atoms with Gasteiger partial charge in [-0.3, -0.25) is 0 Å². The van der Waals surface area contributed by atoms with Crippen molar-refractivity contribution in [3.63, 3.8) is 0 Å². The summed E-state index contributed by atoms with van der Waals surface area (Å²) in [4.78, 5) is 6.71. The average Bonchev–Trinajstić information content (AvgIpc) is 2.51. The van der Waals surface area contributed by atoms with Crippen molar-refractivity contribution in [1.82, 2.24) is 10.6 Å². The summed E-state index contributed by atoms with van der Waals surface area (Å²) in [5.74, 6) is 0.880. The largest absolute Gasteiger partial charge is 0.378 e. The number of aliphatic imine (C=N–C) groups is 1. The highest BCUT2D eigenvalue weighted by molar-refractivity contribution is 7.90. The topological polar surface area (TPSA) is 73.8 Å². The molecule has 0 saturated carbocycles. The van der Waals surface area contributed by atoms with Crippen LogP contribution in [0.5, 0.6) is 0 Å². The predicted octanol–water partition coefficient (Wildman–Crippen LogP) is 1.94. The first-order valence-corrected chi connectivity index (χ1v) is 10.7. The van der Waals surface area contributed by atoms with Gasteiger partial charge in [0, 0.05) is 38.6 Å². The minimum Gasteiger partial charge on any atom is -0.378 e. The number of nitrogens with zero attached hydrogens (tertiary/aromatic N) is 2. The van der Waals surface area contributed by atoms with Crippen LogP contribution in [0.1, 0.15) is 31.4 Å². The van der Waals surface area contributed by atoms with E-state index in [1.54, 1.807) is 0 Å². The first-order chi connectivity index (χ1) is 11.6. The van der Waals surface area contributed by atoms with Crippen LogP contribution in [0.2, 0.25) is 0 Å². The molecule has 6 nitrogen and oxygen atoms in total. The zero-order chi connectivity index (χ0) is 19.0. The predicted molar refractivity (Wildman–Crippen MR) is 107 cm³/mol. The van der Waals surface area contributed by atoms with Gasteiger partial charge in [0.2, 0.25) is 0 Å². The van der Waals surface area contributed by atoms with Gasteiger partial charge in [0.15, 0.2) is 5.96 Å². The number of hydrogen-bond donors (Lipinski definition) is 2. The van der Waals surface area contributed by atoms with Crippen LogP contribution in [0, 0.1) is 6.92 Å². The number of anilines is 1. The van der Waals surface area contributed by atoms with Crippen LogP contribution in [-0.2, 0) is 16.4 Å². The van der Waals surface area contributed by atoms with Crippen molar-refractivity contribution in [2.75, 3.05) is 37.5 Å². The van der Waals surface area contributed by atoms with E-state index in [4.69, 9.17) is 0 Å². The van der Waals surface area contributed by atoms with E-state index in [1.165, 1.54) is 23.1 Å². The molecule has 1 aromatic carbocycles. The lowest BCUT2D eigenvalue weighted by Crippen LogP contribution is -2.42. The fourth-order valence-corrected chi connectivity index (χ4v) is 3.10. The molecule has 0 fully saturated rings. The molecule has 0 bridgehead atoms. The number of rotatable bonds is 8. The number of benzene rings is 1. The molecule has 0 aliphatic heterocycles.